The normalized spacial score (nSPS) is 17.8. The van der Waals surface area contributed by atoms with Gasteiger partial charge in [0.2, 0.25) is 0 Å². The van der Waals surface area contributed by atoms with E-state index in [1.165, 1.54) is 28.7 Å². The number of aromatic nitrogens is 2. The zero-order valence-electron chi connectivity index (χ0n) is 14.3. The second-order valence-electron chi connectivity index (χ2n) is 6.72. The summed E-state index contributed by atoms with van der Waals surface area (Å²) >= 11 is 1.45. The van der Waals surface area contributed by atoms with E-state index in [1.807, 2.05) is 24.1 Å². The van der Waals surface area contributed by atoms with Gasteiger partial charge >= 0.3 is 0 Å². The van der Waals surface area contributed by atoms with Gasteiger partial charge in [0, 0.05) is 24.7 Å². The highest BCUT2D eigenvalue weighted by Gasteiger charge is 2.26. The van der Waals surface area contributed by atoms with E-state index in [1.54, 1.807) is 5.51 Å². The van der Waals surface area contributed by atoms with Crippen molar-refractivity contribution < 1.29 is 4.79 Å². The van der Waals surface area contributed by atoms with E-state index < -0.39 is 0 Å². The Morgan fingerprint density at radius 3 is 3.00 bits per heavy atom. The fourth-order valence-corrected chi connectivity index (χ4v) is 4.48. The van der Waals surface area contributed by atoms with Crippen molar-refractivity contribution in [2.75, 3.05) is 13.1 Å². The molecule has 1 aromatic carbocycles. The van der Waals surface area contributed by atoms with Crippen molar-refractivity contribution in [2.45, 2.75) is 26.2 Å². The molecular formula is C20H21N3OS. The Labute approximate surface area is 151 Å². The van der Waals surface area contributed by atoms with Crippen LogP contribution in [0.5, 0.6) is 0 Å². The summed E-state index contributed by atoms with van der Waals surface area (Å²) in [4.78, 5) is 24.2. The van der Waals surface area contributed by atoms with Gasteiger partial charge in [0.1, 0.15) is 4.88 Å². The van der Waals surface area contributed by atoms with Crippen LogP contribution in [0.2, 0.25) is 0 Å². The van der Waals surface area contributed by atoms with Gasteiger partial charge in [-0.15, -0.1) is 11.3 Å². The van der Waals surface area contributed by atoms with Crippen LogP contribution in [-0.4, -0.2) is 33.9 Å². The van der Waals surface area contributed by atoms with Gasteiger partial charge in [-0.3, -0.25) is 9.78 Å². The number of hydrogen-bond donors (Lipinski definition) is 0. The number of rotatable bonds is 3. The predicted octanol–water partition coefficient (Wildman–Crippen LogP) is 4.09. The minimum atomic E-state index is 0.143. The Bertz CT molecular complexity index is 899. The van der Waals surface area contributed by atoms with Gasteiger partial charge in [0.25, 0.3) is 5.91 Å². The quantitative estimate of drug-likeness (QED) is 0.714. The van der Waals surface area contributed by atoms with Gasteiger partial charge in [0.15, 0.2) is 0 Å². The van der Waals surface area contributed by atoms with Gasteiger partial charge in [0.05, 0.1) is 16.7 Å². The SMILES string of the molecule is Cc1ncsc1C(=O)N1CCC[C@@H](Cc2ccnc3ccccc23)C1. The number of piperidine rings is 1. The second-order valence-corrected chi connectivity index (χ2v) is 7.57. The van der Waals surface area contributed by atoms with Crippen molar-refractivity contribution in [2.24, 2.45) is 5.92 Å². The molecular weight excluding hydrogens is 330 g/mol. The number of para-hydroxylation sites is 1. The molecule has 0 N–H and O–H groups in total. The predicted molar refractivity (Wildman–Crippen MR) is 101 cm³/mol. The van der Waals surface area contributed by atoms with E-state index >= 15 is 0 Å². The smallest absolute Gasteiger partial charge is 0.265 e. The lowest BCUT2D eigenvalue weighted by Gasteiger charge is -2.33. The lowest BCUT2D eigenvalue weighted by molar-refractivity contribution is 0.0677. The van der Waals surface area contributed by atoms with Gasteiger partial charge < -0.3 is 4.90 Å². The average Bonchev–Trinajstić information content (AvgIpc) is 3.08. The van der Waals surface area contributed by atoms with Gasteiger partial charge in [-0.05, 0) is 49.8 Å². The van der Waals surface area contributed by atoms with Crippen LogP contribution in [0.4, 0.5) is 0 Å². The van der Waals surface area contributed by atoms with Crippen molar-refractivity contribution in [1.29, 1.82) is 0 Å². The number of aryl methyl sites for hydroxylation is 1. The number of carbonyl (C=O) groups is 1. The number of amides is 1. The van der Waals surface area contributed by atoms with Crippen molar-refractivity contribution in [1.82, 2.24) is 14.9 Å². The molecule has 0 spiro atoms. The summed E-state index contributed by atoms with van der Waals surface area (Å²) in [5, 5.41) is 1.23. The number of benzene rings is 1. The summed E-state index contributed by atoms with van der Waals surface area (Å²) in [6, 6.07) is 10.4. The lowest BCUT2D eigenvalue weighted by atomic mass is 9.90. The van der Waals surface area contributed by atoms with Gasteiger partial charge in [-0.2, -0.15) is 0 Å². The third-order valence-corrected chi connectivity index (χ3v) is 5.91. The van der Waals surface area contributed by atoms with Crippen LogP contribution in [-0.2, 0) is 6.42 Å². The molecule has 3 aromatic rings. The standard InChI is InChI=1S/C20H21N3OS/c1-14-19(25-13-22-14)20(24)23-10-4-5-15(12-23)11-16-8-9-21-18-7-3-2-6-17(16)18/h2-3,6-9,13,15H,4-5,10-12H2,1H3/t15-/m0/s1. The summed E-state index contributed by atoms with van der Waals surface area (Å²) in [6.07, 6.45) is 5.12. The second kappa shape index (κ2) is 6.92. The van der Waals surface area contributed by atoms with Crippen LogP contribution in [0.15, 0.2) is 42.0 Å². The molecule has 0 radical (unpaired) electrons. The number of fused-ring (bicyclic) bond motifs is 1. The Kier molecular flexibility index (Phi) is 4.49. The molecule has 4 nitrogen and oxygen atoms in total. The van der Waals surface area contributed by atoms with E-state index in [4.69, 9.17) is 0 Å². The lowest BCUT2D eigenvalue weighted by Crippen LogP contribution is -2.40. The fourth-order valence-electron chi connectivity index (χ4n) is 3.71. The minimum Gasteiger partial charge on any atom is -0.338 e. The van der Waals surface area contributed by atoms with Crippen molar-refractivity contribution in [3.63, 3.8) is 0 Å². The first-order valence-electron chi connectivity index (χ1n) is 8.74. The monoisotopic (exact) mass is 351 g/mol. The maximum atomic E-state index is 12.8. The van der Waals surface area contributed by atoms with E-state index in [2.05, 4.69) is 34.2 Å². The number of carbonyl (C=O) groups excluding carboxylic acids is 1. The molecule has 1 fully saturated rings. The first kappa shape index (κ1) is 16.2. The average molecular weight is 351 g/mol. The van der Waals surface area contributed by atoms with Crippen LogP contribution < -0.4 is 0 Å². The van der Waals surface area contributed by atoms with E-state index in [0.29, 0.717) is 5.92 Å². The van der Waals surface area contributed by atoms with Crippen LogP contribution in [0, 0.1) is 12.8 Å². The van der Waals surface area contributed by atoms with E-state index in [-0.39, 0.29) is 5.91 Å². The minimum absolute atomic E-state index is 0.143. The number of hydrogen-bond acceptors (Lipinski definition) is 4. The van der Waals surface area contributed by atoms with Crippen molar-refractivity contribution >= 4 is 28.1 Å². The zero-order chi connectivity index (χ0) is 17.2. The Balaban J connectivity index is 1.52. The largest absolute Gasteiger partial charge is 0.338 e. The third kappa shape index (κ3) is 3.29. The molecule has 5 heteroatoms. The van der Waals surface area contributed by atoms with Crippen LogP contribution in [0.25, 0.3) is 10.9 Å². The molecule has 0 bridgehead atoms. The molecule has 128 valence electrons. The van der Waals surface area contributed by atoms with E-state index in [0.717, 1.165) is 42.0 Å². The Hall–Kier alpha value is -2.27. The first-order chi connectivity index (χ1) is 12.2. The summed E-state index contributed by atoms with van der Waals surface area (Å²) in [5.41, 5.74) is 4.98. The topological polar surface area (TPSA) is 46.1 Å². The number of thiazole rings is 1. The molecule has 0 aliphatic carbocycles. The third-order valence-electron chi connectivity index (χ3n) is 4.99. The van der Waals surface area contributed by atoms with Gasteiger partial charge in [-0.25, -0.2) is 4.98 Å². The molecule has 2 aromatic heterocycles. The molecule has 25 heavy (non-hydrogen) atoms. The summed E-state index contributed by atoms with van der Waals surface area (Å²) in [6.45, 7) is 3.59. The molecule has 0 unspecified atom stereocenters. The molecule has 0 saturated carbocycles. The zero-order valence-corrected chi connectivity index (χ0v) is 15.1. The summed E-state index contributed by atoms with van der Waals surface area (Å²) in [7, 11) is 0. The summed E-state index contributed by atoms with van der Waals surface area (Å²) in [5.74, 6) is 0.640. The first-order valence-corrected chi connectivity index (χ1v) is 9.62. The highest BCUT2D eigenvalue weighted by atomic mass is 32.1. The number of likely N-dealkylation sites (tertiary alicyclic amines) is 1. The fraction of sp³-hybridized carbons (Fsp3) is 0.350. The van der Waals surface area contributed by atoms with Crippen LogP contribution in [0.1, 0.15) is 33.8 Å². The molecule has 1 atom stereocenters. The number of nitrogens with zero attached hydrogens (tertiary/aromatic N) is 3. The van der Waals surface area contributed by atoms with E-state index in [9.17, 15) is 4.79 Å². The molecule has 1 aliphatic heterocycles. The Morgan fingerprint density at radius 1 is 1.28 bits per heavy atom. The highest BCUT2D eigenvalue weighted by molar-refractivity contribution is 7.11. The van der Waals surface area contributed by atoms with Crippen molar-refractivity contribution in [3.05, 3.63) is 58.2 Å². The molecule has 1 amide bonds. The molecule has 1 saturated heterocycles. The number of pyridine rings is 1. The van der Waals surface area contributed by atoms with Crippen LogP contribution >= 0.6 is 11.3 Å². The maximum Gasteiger partial charge on any atom is 0.265 e. The molecule has 3 heterocycles. The Morgan fingerprint density at radius 2 is 2.16 bits per heavy atom. The highest BCUT2D eigenvalue weighted by Crippen LogP contribution is 2.26. The molecule has 1 aliphatic rings. The van der Waals surface area contributed by atoms with Crippen LogP contribution in [0.3, 0.4) is 0 Å². The van der Waals surface area contributed by atoms with Crippen molar-refractivity contribution in [3.8, 4) is 0 Å². The van der Waals surface area contributed by atoms with Gasteiger partial charge in [-0.1, -0.05) is 18.2 Å². The maximum absolute atomic E-state index is 12.8. The molecule has 4 rings (SSSR count). The summed E-state index contributed by atoms with van der Waals surface area (Å²) < 4.78 is 0.